The van der Waals surface area contributed by atoms with Crippen LogP contribution in [-0.4, -0.2) is 36.2 Å². The van der Waals surface area contributed by atoms with Gasteiger partial charge < -0.3 is 10.0 Å². The normalized spacial score (nSPS) is 17.7. The smallest absolute Gasteiger partial charge is 0.0991 e. The van der Waals surface area contributed by atoms with Crippen LogP contribution in [0.1, 0.15) is 41.3 Å². The Kier molecular flexibility index (Phi) is 7.12. The summed E-state index contributed by atoms with van der Waals surface area (Å²) in [6.45, 7) is 5.15. The Balaban J connectivity index is 1.60. The predicted octanol–water partition coefficient (Wildman–Crippen LogP) is 5.37. The monoisotopic (exact) mass is 445 g/mol. The number of hydrogen-bond donors (Lipinski definition) is 1. The first-order valence-electron chi connectivity index (χ1n) is 11.0. The molecule has 3 aromatic rings. The highest BCUT2D eigenvalue weighted by atomic mass is 35.5. The summed E-state index contributed by atoms with van der Waals surface area (Å²) in [6, 6.07) is 27.3. The predicted molar refractivity (Wildman–Crippen MR) is 130 cm³/mol. The summed E-state index contributed by atoms with van der Waals surface area (Å²) in [5.41, 5.74) is 5.49. The minimum atomic E-state index is 0.165. The zero-order chi connectivity index (χ0) is 22.5. The van der Waals surface area contributed by atoms with E-state index in [2.05, 4.69) is 71.3 Å². The minimum absolute atomic E-state index is 0.165. The average Bonchev–Trinajstić information content (AvgIpc) is 2.84. The summed E-state index contributed by atoms with van der Waals surface area (Å²) in [7, 11) is 0. The number of halogens is 1. The Hall–Kier alpha value is -2.84. The SMILES string of the molecule is C[C@H](c1ccc(C#N)cc1)N1CCN(c2ccc(CCO)cc2)[C@H](c2ccc(Cl)cc2)C1. The topological polar surface area (TPSA) is 50.5 Å². The molecule has 5 heteroatoms. The van der Waals surface area contributed by atoms with E-state index >= 15 is 0 Å². The molecular formula is C27H28ClN3O. The van der Waals surface area contributed by atoms with Crippen LogP contribution in [0.25, 0.3) is 0 Å². The quantitative estimate of drug-likeness (QED) is 0.554. The van der Waals surface area contributed by atoms with E-state index in [1.54, 1.807) is 0 Å². The standard InChI is InChI=1S/C27H28ClN3O/c1-20(23-6-2-22(18-29)3-7-23)30-15-16-31(26-12-4-21(5-13-26)14-17-32)27(19-30)24-8-10-25(28)11-9-24/h2-13,20,27,32H,14-17,19H2,1H3/t20-,27+/m1/s1. The van der Waals surface area contributed by atoms with Crippen LogP contribution in [0.15, 0.2) is 72.8 Å². The first-order chi connectivity index (χ1) is 15.6. The van der Waals surface area contributed by atoms with E-state index in [4.69, 9.17) is 16.9 Å². The Morgan fingerprint density at radius 2 is 1.69 bits per heavy atom. The molecule has 0 radical (unpaired) electrons. The highest BCUT2D eigenvalue weighted by Gasteiger charge is 2.31. The van der Waals surface area contributed by atoms with Crippen molar-refractivity contribution in [3.63, 3.8) is 0 Å². The maximum Gasteiger partial charge on any atom is 0.0991 e. The molecule has 4 nitrogen and oxygen atoms in total. The summed E-state index contributed by atoms with van der Waals surface area (Å²) in [4.78, 5) is 4.98. The first kappa shape index (κ1) is 22.4. The van der Waals surface area contributed by atoms with Gasteiger partial charge in [-0.25, -0.2) is 0 Å². The number of benzene rings is 3. The van der Waals surface area contributed by atoms with E-state index in [0.29, 0.717) is 12.0 Å². The largest absolute Gasteiger partial charge is 0.396 e. The summed E-state index contributed by atoms with van der Waals surface area (Å²) in [5, 5.41) is 19.0. The van der Waals surface area contributed by atoms with Crippen molar-refractivity contribution in [2.45, 2.75) is 25.4 Å². The number of piperazine rings is 1. The number of anilines is 1. The maximum absolute atomic E-state index is 9.21. The lowest BCUT2D eigenvalue weighted by Crippen LogP contribution is -2.49. The Morgan fingerprint density at radius 1 is 1.00 bits per heavy atom. The summed E-state index contributed by atoms with van der Waals surface area (Å²) < 4.78 is 0. The lowest BCUT2D eigenvalue weighted by molar-refractivity contribution is 0.171. The molecule has 1 heterocycles. The van der Waals surface area contributed by atoms with Gasteiger partial charge in [0.05, 0.1) is 17.7 Å². The fraction of sp³-hybridized carbons (Fsp3) is 0.296. The van der Waals surface area contributed by atoms with Gasteiger partial charge in [-0.3, -0.25) is 4.90 Å². The Morgan fingerprint density at radius 3 is 2.31 bits per heavy atom. The second kappa shape index (κ2) is 10.2. The van der Waals surface area contributed by atoms with Gasteiger partial charge in [-0.05, 0) is 66.4 Å². The number of nitriles is 1. The fourth-order valence-corrected chi connectivity index (χ4v) is 4.59. The molecule has 164 valence electrons. The molecule has 3 aromatic carbocycles. The second-order valence-corrected chi connectivity index (χ2v) is 8.74. The molecule has 0 saturated carbocycles. The van der Waals surface area contributed by atoms with Crippen LogP contribution in [0.2, 0.25) is 5.02 Å². The number of aliphatic hydroxyl groups excluding tert-OH is 1. The van der Waals surface area contributed by atoms with Crippen molar-refractivity contribution in [1.29, 1.82) is 5.26 Å². The van der Waals surface area contributed by atoms with E-state index in [9.17, 15) is 5.11 Å². The molecular weight excluding hydrogens is 418 g/mol. The highest BCUT2D eigenvalue weighted by Crippen LogP contribution is 2.34. The molecule has 2 atom stereocenters. The summed E-state index contributed by atoms with van der Waals surface area (Å²) >= 11 is 6.17. The van der Waals surface area contributed by atoms with Crippen LogP contribution in [0, 0.1) is 11.3 Å². The van der Waals surface area contributed by atoms with Crippen molar-refractivity contribution < 1.29 is 5.11 Å². The zero-order valence-electron chi connectivity index (χ0n) is 18.3. The van der Waals surface area contributed by atoms with Gasteiger partial charge in [0.1, 0.15) is 0 Å². The molecule has 0 amide bonds. The number of nitrogens with zero attached hydrogens (tertiary/aromatic N) is 3. The maximum atomic E-state index is 9.21. The highest BCUT2D eigenvalue weighted by molar-refractivity contribution is 6.30. The van der Waals surface area contributed by atoms with Crippen molar-refractivity contribution in [1.82, 2.24) is 4.90 Å². The molecule has 1 aliphatic rings. The van der Waals surface area contributed by atoms with Gasteiger partial charge >= 0.3 is 0 Å². The van der Waals surface area contributed by atoms with Crippen LogP contribution in [0.5, 0.6) is 0 Å². The summed E-state index contributed by atoms with van der Waals surface area (Å²) in [6.07, 6.45) is 0.677. The van der Waals surface area contributed by atoms with Gasteiger partial charge in [-0.2, -0.15) is 5.26 Å². The fourth-order valence-electron chi connectivity index (χ4n) is 4.47. The van der Waals surface area contributed by atoms with Crippen LogP contribution in [0.4, 0.5) is 5.69 Å². The third-order valence-corrected chi connectivity index (χ3v) is 6.66. The van der Waals surface area contributed by atoms with Gasteiger partial charge in [-0.15, -0.1) is 0 Å². The van der Waals surface area contributed by atoms with Gasteiger partial charge in [0.2, 0.25) is 0 Å². The molecule has 1 saturated heterocycles. The van der Waals surface area contributed by atoms with E-state index in [0.717, 1.165) is 30.2 Å². The van der Waals surface area contributed by atoms with Crippen LogP contribution in [0.3, 0.4) is 0 Å². The molecule has 0 aromatic heterocycles. The summed E-state index contributed by atoms with van der Waals surface area (Å²) in [5.74, 6) is 0. The second-order valence-electron chi connectivity index (χ2n) is 8.31. The van der Waals surface area contributed by atoms with Gasteiger partial charge in [0.25, 0.3) is 0 Å². The van der Waals surface area contributed by atoms with Crippen molar-refractivity contribution in [2.75, 3.05) is 31.1 Å². The molecule has 1 aliphatic heterocycles. The van der Waals surface area contributed by atoms with Gasteiger partial charge in [0.15, 0.2) is 0 Å². The van der Waals surface area contributed by atoms with Crippen LogP contribution < -0.4 is 4.90 Å². The number of hydrogen-bond acceptors (Lipinski definition) is 4. The minimum Gasteiger partial charge on any atom is -0.396 e. The third-order valence-electron chi connectivity index (χ3n) is 6.40. The Bertz CT molecular complexity index is 1060. The van der Waals surface area contributed by atoms with Crippen molar-refractivity contribution >= 4 is 17.3 Å². The lowest BCUT2D eigenvalue weighted by atomic mass is 9.98. The molecule has 1 fully saturated rings. The molecule has 0 unspecified atom stereocenters. The van der Waals surface area contributed by atoms with Crippen molar-refractivity contribution in [2.24, 2.45) is 0 Å². The lowest BCUT2D eigenvalue weighted by Gasteiger charge is -2.45. The number of aliphatic hydroxyl groups is 1. The van der Waals surface area contributed by atoms with E-state index < -0.39 is 0 Å². The molecule has 32 heavy (non-hydrogen) atoms. The first-order valence-corrected chi connectivity index (χ1v) is 11.4. The van der Waals surface area contributed by atoms with Gasteiger partial charge in [-0.1, -0.05) is 48.0 Å². The van der Waals surface area contributed by atoms with Crippen LogP contribution in [-0.2, 0) is 6.42 Å². The van der Waals surface area contributed by atoms with Crippen LogP contribution >= 0.6 is 11.6 Å². The molecule has 0 spiro atoms. The third kappa shape index (κ3) is 4.97. The van der Waals surface area contributed by atoms with E-state index in [1.165, 1.54) is 16.8 Å². The van der Waals surface area contributed by atoms with Gasteiger partial charge in [0, 0.05) is 43.0 Å². The van der Waals surface area contributed by atoms with E-state index in [-0.39, 0.29) is 18.7 Å². The molecule has 0 aliphatic carbocycles. The average molecular weight is 446 g/mol. The molecule has 4 rings (SSSR count). The molecule has 1 N–H and O–H groups in total. The molecule has 0 bridgehead atoms. The van der Waals surface area contributed by atoms with E-state index in [1.807, 2.05) is 24.3 Å². The van der Waals surface area contributed by atoms with Crippen molar-refractivity contribution in [3.8, 4) is 6.07 Å². The van der Waals surface area contributed by atoms with Crippen molar-refractivity contribution in [3.05, 3.63) is 100 Å². The zero-order valence-corrected chi connectivity index (χ0v) is 19.0. The Labute approximate surface area is 195 Å². The number of rotatable bonds is 6.